The number of nitrogens with one attached hydrogen (secondary N) is 1. The number of nitrogens with zero attached hydrogens (tertiary/aromatic N) is 2. The van der Waals surface area contributed by atoms with Crippen LogP contribution in [-0.2, 0) is 0 Å². The molecule has 0 atom stereocenters. The predicted molar refractivity (Wildman–Crippen MR) is 58.0 cm³/mol. The minimum absolute atomic E-state index is 0.293. The Hall–Kier alpha value is -1.16. The third kappa shape index (κ3) is 2.65. The first-order valence-electron chi connectivity index (χ1n) is 5.43. The number of aromatic nitrogens is 2. The first kappa shape index (κ1) is 10.4. The van der Waals surface area contributed by atoms with E-state index >= 15 is 0 Å². The normalized spacial score (nSPS) is 17.7. The lowest BCUT2D eigenvalue weighted by Crippen LogP contribution is -2.34. The summed E-state index contributed by atoms with van der Waals surface area (Å²) < 4.78 is 5.85. The van der Waals surface area contributed by atoms with Crippen LogP contribution in [-0.4, -0.2) is 29.2 Å². The van der Waals surface area contributed by atoms with Gasteiger partial charge in [-0.15, -0.1) is 0 Å². The van der Waals surface area contributed by atoms with Crippen molar-refractivity contribution in [3.05, 3.63) is 17.6 Å². The Balaban J connectivity index is 2.05. The first-order chi connectivity index (χ1) is 7.25. The summed E-state index contributed by atoms with van der Waals surface area (Å²) in [6.45, 7) is 5.93. The van der Waals surface area contributed by atoms with Crippen molar-refractivity contribution in [3.63, 3.8) is 0 Å². The molecule has 2 heterocycles. The van der Waals surface area contributed by atoms with E-state index < -0.39 is 0 Å². The van der Waals surface area contributed by atoms with Crippen LogP contribution in [0.2, 0.25) is 0 Å². The molecule has 1 saturated heterocycles. The molecular weight excluding hydrogens is 190 g/mol. The molecule has 1 aliphatic heterocycles. The zero-order chi connectivity index (χ0) is 10.7. The summed E-state index contributed by atoms with van der Waals surface area (Å²) in [6.07, 6.45) is 4.16. The number of rotatable bonds is 2. The number of hydrogen-bond acceptors (Lipinski definition) is 4. The van der Waals surface area contributed by atoms with Crippen LogP contribution in [0, 0.1) is 13.8 Å². The van der Waals surface area contributed by atoms with Gasteiger partial charge in [-0.3, -0.25) is 4.98 Å². The SMILES string of the molecule is Cc1cnc(C)c(OC2CCNCC2)n1. The molecule has 0 amide bonds. The van der Waals surface area contributed by atoms with E-state index in [4.69, 9.17) is 4.74 Å². The monoisotopic (exact) mass is 207 g/mol. The van der Waals surface area contributed by atoms with Crippen molar-refractivity contribution in [3.8, 4) is 5.88 Å². The maximum absolute atomic E-state index is 5.85. The smallest absolute Gasteiger partial charge is 0.235 e. The average Bonchev–Trinajstić information content (AvgIpc) is 2.25. The molecule has 0 aromatic carbocycles. The Morgan fingerprint density at radius 3 is 2.80 bits per heavy atom. The van der Waals surface area contributed by atoms with Crippen LogP contribution in [0.25, 0.3) is 0 Å². The standard InChI is InChI=1S/C11H17N3O/c1-8-7-13-9(2)11(14-8)15-10-3-5-12-6-4-10/h7,10,12H,3-6H2,1-2H3. The van der Waals surface area contributed by atoms with E-state index in [0.29, 0.717) is 12.0 Å². The molecule has 0 aliphatic carbocycles. The molecule has 82 valence electrons. The molecule has 0 radical (unpaired) electrons. The number of ether oxygens (including phenoxy) is 1. The van der Waals surface area contributed by atoms with Crippen LogP contribution in [0.5, 0.6) is 5.88 Å². The van der Waals surface area contributed by atoms with Crippen LogP contribution in [0.1, 0.15) is 24.2 Å². The van der Waals surface area contributed by atoms with Crippen molar-refractivity contribution in [2.75, 3.05) is 13.1 Å². The highest BCUT2D eigenvalue weighted by atomic mass is 16.5. The van der Waals surface area contributed by atoms with Crippen molar-refractivity contribution in [2.45, 2.75) is 32.8 Å². The molecule has 1 aliphatic rings. The van der Waals surface area contributed by atoms with E-state index in [-0.39, 0.29) is 0 Å². The molecule has 1 N–H and O–H groups in total. The molecule has 15 heavy (non-hydrogen) atoms. The Bertz CT molecular complexity index is 335. The fourth-order valence-electron chi connectivity index (χ4n) is 1.70. The van der Waals surface area contributed by atoms with E-state index in [0.717, 1.165) is 37.3 Å². The Morgan fingerprint density at radius 1 is 1.33 bits per heavy atom. The second-order valence-corrected chi connectivity index (χ2v) is 3.97. The van der Waals surface area contributed by atoms with Gasteiger partial charge in [0.25, 0.3) is 0 Å². The number of piperidine rings is 1. The predicted octanol–water partition coefficient (Wildman–Crippen LogP) is 1.22. The number of aryl methyl sites for hydroxylation is 2. The summed E-state index contributed by atoms with van der Waals surface area (Å²) >= 11 is 0. The summed E-state index contributed by atoms with van der Waals surface area (Å²) in [5.74, 6) is 0.696. The van der Waals surface area contributed by atoms with Gasteiger partial charge in [0.2, 0.25) is 5.88 Å². The van der Waals surface area contributed by atoms with Crippen molar-refractivity contribution in [1.82, 2.24) is 15.3 Å². The van der Waals surface area contributed by atoms with Gasteiger partial charge in [-0.1, -0.05) is 0 Å². The van der Waals surface area contributed by atoms with Gasteiger partial charge in [0.15, 0.2) is 0 Å². The van der Waals surface area contributed by atoms with Crippen molar-refractivity contribution >= 4 is 0 Å². The highest BCUT2D eigenvalue weighted by molar-refractivity contribution is 5.18. The van der Waals surface area contributed by atoms with Gasteiger partial charge >= 0.3 is 0 Å². The molecule has 1 aromatic heterocycles. The molecule has 2 rings (SSSR count). The summed E-state index contributed by atoms with van der Waals surface area (Å²) in [5.41, 5.74) is 1.78. The molecule has 4 nitrogen and oxygen atoms in total. The van der Waals surface area contributed by atoms with Gasteiger partial charge in [0, 0.05) is 6.20 Å². The largest absolute Gasteiger partial charge is 0.473 e. The lowest BCUT2D eigenvalue weighted by molar-refractivity contribution is 0.153. The maximum atomic E-state index is 5.85. The fraction of sp³-hybridized carbons (Fsp3) is 0.636. The Kier molecular flexibility index (Phi) is 3.16. The molecule has 4 heteroatoms. The van der Waals surface area contributed by atoms with E-state index in [1.807, 2.05) is 13.8 Å². The third-order valence-corrected chi connectivity index (χ3v) is 2.60. The van der Waals surface area contributed by atoms with E-state index in [1.54, 1.807) is 6.20 Å². The molecule has 0 unspecified atom stereocenters. The van der Waals surface area contributed by atoms with Gasteiger partial charge in [-0.05, 0) is 39.8 Å². The summed E-state index contributed by atoms with van der Waals surface area (Å²) in [5, 5.41) is 3.31. The van der Waals surface area contributed by atoms with E-state index in [2.05, 4.69) is 15.3 Å². The summed E-state index contributed by atoms with van der Waals surface area (Å²) in [4.78, 5) is 8.60. The topological polar surface area (TPSA) is 47.0 Å². The number of hydrogen-bond donors (Lipinski definition) is 1. The van der Waals surface area contributed by atoms with Crippen LogP contribution in [0.4, 0.5) is 0 Å². The second kappa shape index (κ2) is 4.57. The maximum Gasteiger partial charge on any atom is 0.235 e. The molecule has 1 aromatic rings. The van der Waals surface area contributed by atoms with E-state index in [1.165, 1.54) is 0 Å². The van der Waals surface area contributed by atoms with Gasteiger partial charge in [0.05, 0.1) is 11.4 Å². The first-order valence-corrected chi connectivity index (χ1v) is 5.43. The lowest BCUT2D eigenvalue weighted by Gasteiger charge is -2.23. The minimum atomic E-state index is 0.293. The van der Waals surface area contributed by atoms with Gasteiger partial charge in [0.1, 0.15) is 6.10 Å². The van der Waals surface area contributed by atoms with Crippen molar-refractivity contribution in [1.29, 1.82) is 0 Å². The summed E-state index contributed by atoms with van der Waals surface area (Å²) in [7, 11) is 0. The second-order valence-electron chi connectivity index (χ2n) is 3.97. The molecule has 0 bridgehead atoms. The zero-order valence-electron chi connectivity index (χ0n) is 9.29. The Labute approximate surface area is 90.1 Å². The van der Waals surface area contributed by atoms with Crippen molar-refractivity contribution < 1.29 is 4.74 Å². The minimum Gasteiger partial charge on any atom is -0.473 e. The van der Waals surface area contributed by atoms with Crippen LogP contribution < -0.4 is 10.1 Å². The average molecular weight is 207 g/mol. The molecular formula is C11H17N3O. The van der Waals surface area contributed by atoms with Crippen molar-refractivity contribution in [2.24, 2.45) is 0 Å². The lowest BCUT2D eigenvalue weighted by atomic mass is 10.1. The van der Waals surface area contributed by atoms with Gasteiger partial charge in [-0.25, -0.2) is 4.98 Å². The van der Waals surface area contributed by atoms with Crippen LogP contribution in [0.3, 0.4) is 0 Å². The summed E-state index contributed by atoms with van der Waals surface area (Å²) in [6, 6.07) is 0. The Morgan fingerprint density at radius 2 is 2.07 bits per heavy atom. The van der Waals surface area contributed by atoms with Crippen LogP contribution in [0.15, 0.2) is 6.20 Å². The van der Waals surface area contributed by atoms with Crippen LogP contribution >= 0.6 is 0 Å². The van der Waals surface area contributed by atoms with E-state index in [9.17, 15) is 0 Å². The highest BCUT2D eigenvalue weighted by Crippen LogP contribution is 2.17. The third-order valence-electron chi connectivity index (χ3n) is 2.60. The zero-order valence-corrected chi connectivity index (χ0v) is 9.29. The van der Waals surface area contributed by atoms with Gasteiger partial charge in [-0.2, -0.15) is 0 Å². The quantitative estimate of drug-likeness (QED) is 0.792. The highest BCUT2D eigenvalue weighted by Gasteiger charge is 2.16. The molecule has 0 saturated carbocycles. The molecule has 1 fully saturated rings. The molecule has 0 spiro atoms. The fourth-order valence-corrected chi connectivity index (χ4v) is 1.70. The van der Waals surface area contributed by atoms with Gasteiger partial charge < -0.3 is 10.1 Å².